The van der Waals surface area contributed by atoms with Crippen molar-refractivity contribution in [3.05, 3.63) is 45.9 Å². The van der Waals surface area contributed by atoms with Crippen molar-refractivity contribution in [1.29, 1.82) is 0 Å². The van der Waals surface area contributed by atoms with Crippen LogP contribution in [0, 0.1) is 0 Å². The first-order chi connectivity index (χ1) is 9.08. The molecule has 0 bridgehead atoms. The highest BCUT2D eigenvalue weighted by molar-refractivity contribution is 7.98. The van der Waals surface area contributed by atoms with Gasteiger partial charge in [0.25, 0.3) is 0 Å². The van der Waals surface area contributed by atoms with Crippen LogP contribution in [0.25, 0.3) is 0 Å². The Morgan fingerprint density at radius 3 is 2.53 bits per heavy atom. The quantitative estimate of drug-likeness (QED) is 0.676. The lowest BCUT2D eigenvalue weighted by atomic mass is 10.3. The molecule has 2 aromatic rings. The van der Waals surface area contributed by atoms with E-state index in [0.717, 1.165) is 16.2 Å². The number of aromatic nitrogens is 1. The molecule has 0 aliphatic rings. The molecule has 0 saturated carbocycles. The smallest absolute Gasteiger partial charge is 0.348 e. The van der Waals surface area contributed by atoms with E-state index >= 15 is 0 Å². The Kier molecular flexibility index (Phi) is 4.34. The predicted molar refractivity (Wildman–Crippen MR) is 75.1 cm³/mol. The van der Waals surface area contributed by atoms with Crippen molar-refractivity contribution in [3.8, 4) is 0 Å². The van der Waals surface area contributed by atoms with Gasteiger partial charge in [-0.1, -0.05) is 18.2 Å². The maximum Gasteiger partial charge on any atom is 0.348 e. The van der Waals surface area contributed by atoms with Crippen LogP contribution < -0.4 is 0 Å². The lowest BCUT2D eigenvalue weighted by Crippen LogP contribution is -2.02. The molecule has 2 rings (SSSR count). The highest BCUT2D eigenvalue weighted by Gasteiger charge is 2.20. The van der Waals surface area contributed by atoms with Crippen molar-refractivity contribution in [2.24, 2.45) is 0 Å². The van der Waals surface area contributed by atoms with Gasteiger partial charge >= 0.3 is 5.97 Å². The zero-order valence-corrected chi connectivity index (χ0v) is 11.8. The Balaban J connectivity index is 2.15. The Morgan fingerprint density at radius 1 is 1.32 bits per heavy atom. The standard InChI is InChI=1S/C13H11NO3S2/c1-8(15)11-12(13(16)17)19-10(14-11)7-18-9-5-3-2-4-6-9/h2-6H,7H2,1H3,(H,16,17). The van der Waals surface area contributed by atoms with Crippen molar-refractivity contribution >= 4 is 34.9 Å². The van der Waals surface area contributed by atoms with E-state index in [0.29, 0.717) is 10.8 Å². The number of Topliss-reactive ketones (excluding diaryl/α,β-unsaturated/α-hetero) is 1. The van der Waals surface area contributed by atoms with Gasteiger partial charge in [-0.25, -0.2) is 9.78 Å². The first-order valence-electron chi connectivity index (χ1n) is 5.49. The summed E-state index contributed by atoms with van der Waals surface area (Å²) in [6.45, 7) is 1.33. The molecule has 1 heterocycles. The minimum absolute atomic E-state index is 0.0242. The molecule has 0 aliphatic carbocycles. The number of ketones is 1. The van der Waals surface area contributed by atoms with Crippen molar-refractivity contribution < 1.29 is 14.7 Å². The van der Waals surface area contributed by atoms with Gasteiger partial charge in [-0.3, -0.25) is 4.79 Å². The second kappa shape index (κ2) is 5.99. The number of carboxylic acids is 1. The summed E-state index contributed by atoms with van der Waals surface area (Å²) in [6.07, 6.45) is 0. The van der Waals surface area contributed by atoms with Gasteiger partial charge in [0, 0.05) is 11.8 Å². The number of rotatable bonds is 5. The third-order valence-electron chi connectivity index (χ3n) is 2.30. The van der Waals surface area contributed by atoms with Gasteiger partial charge in [0.2, 0.25) is 0 Å². The molecule has 0 spiro atoms. The summed E-state index contributed by atoms with van der Waals surface area (Å²) in [5, 5.41) is 9.67. The molecule has 4 nitrogen and oxygen atoms in total. The summed E-state index contributed by atoms with van der Waals surface area (Å²) in [5.74, 6) is -0.856. The van der Waals surface area contributed by atoms with Crippen molar-refractivity contribution in [2.75, 3.05) is 0 Å². The molecule has 1 aromatic carbocycles. The summed E-state index contributed by atoms with van der Waals surface area (Å²) in [7, 11) is 0. The average Bonchev–Trinajstić information content (AvgIpc) is 2.82. The third-order valence-corrected chi connectivity index (χ3v) is 4.55. The summed E-state index contributed by atoms with van der Waals surface area (Å²) < 4.78 is 0. The van der Waals surface area contributed by atoms with Crippen molar-refractivity contribution in [3.63, 3.8) is 0 Å². The Bertz CT molecular complexity index is 576. The fourth-order valence-corrected chi connectivity index (χ4v) is 3.33. The summed E-state index contributed by atoms with van der Waals surface area (Å²) in [5.41, 5.74) is 0.0566. The second-order valence-corrected chi connectivity index (χ2v) is 5.88. The van der Waals surface area contributed by atoms with E-state index in [2.05, 4.69) is 4.98 Å². The molecule has 0 fully saturated rings. The van der Waals surface area contributed by atoms with Gasteiger partial charge in [-0.2, -0.15) is 0 Å². The van der Waals surface area contributed by atoms with Crippen LogP contribution in [0.2, 0.25) is 0 Å². The van der Waals surface area contributed by atoms with Crippen molar-refractivity contribution in [1.82, 2.24) is 4.98 Å². The van der Waals surface area contributed by atoms with Crippen LogP contribution in [-0.2, 0) is 5.75 Å². The van der Waals surface area contributed by atoms with E-state index in [-0.39, 0.29) is 16.4 Å². The molecular formula is C13H11NO3S2. The van der Waals surface area contributed by atoms with E-state index in [9.17, 15) is 9.59 Å². The minimum atomic E-state index is -1.10. The van der Waals surface area contributed by atoms with Crippen LogP contribution in [0.5, 0.6) is 0 Å². The van der Waals surface area contributed by atoms with Crippen LogP contribution in [0.1, 0.15) is 32.1 Å². The Hall–Kier alpha value is -1.66. The normalized spacial score (nSPS) is 10.4. The molecule has 6 heteroatoms. The average molecular weight is 293 g/mol. The number of thiazole rings is 1. The van der Waals surface area contributed by atoms with Crippen LogP contribution in [0.3, 0.4) is 0 Å². The molecule has 1 aromatic heterocycles. The van der Waals surface area contributed by atoms with Gasteiger partial charge in [0.1, 0.15) is 15.6 Å². The summed E-state index contributed by atoms with van der Waals surface area (Å²) in [4.78, 5) is 27.6. The number of nitrogens with zero attached hydrogens (tertiary/aromatic N) is 1. The molecule has 0 atom stereocenters. The molecular weight excluding hydrogens is 282 g/mol. The van der Waals surface area contributed by atoms with Crippen LogP contribution >= 0.6 is 23.1 Å². The molecule has 98 valence electrons. The van der Waals surface area contributed by atoms with E-state index in [4.69, 9.17) is 5.11 Å². The largest absolute Gasteiger partial charge is 0.477 e. The summed E-state index contributed by atoms with van der Waals surface area (Å²) in [6, 6.07) is 9.76. The topological polar surface area (TPSA) is 67.3 Å². The zero-order valence-electron chi connectivity index (χ0n) is 10.1. The summed E-state index contributed by atoms with van der Waals surface area (Å²) >= 11 is 2.63. The van der Waals surface area contributed by atoms with Gasteiger partial charge in [0.05, 0.1) is 5.75 Å². The number of benzene rings is 1. The monoisotopic (exact) mass is 293 g/mol. The zero-order chi connectivity index (χ0) is 13.8. The number of carbonyl (C=O) groups is 2. The molecule has 0 radical (unpaired) electrons. The van der Waals surface area contributed by atoms with Gasteiger partial charge in [0.15, 0.2) is 5.78 Å². The number of carbonyl (C=O) groups excluding carboxylic acids is 1. The fraction of sp³-hybridized carbons (Fsp3) is 0.154. The lowest BCUT2D eigenvalue weighted by Gasteiger charge is -1.97. The number of aromatic carboxylic acids is 1. The number of thioether (sulfide) groups is 1. The van der Waals surface area contributed by atoms with E-state index in [1.807, 2.05) is 30.3 Å². The van der Waals surface area contributed by atoms with E-state index in [1.54, 1.807) is 11.8 Å². The van der Waals surface area contributed by atoms with E-state index < -0.39 is 5.97 Å². The first-order valence-corrected chi connectivity index (χ1v) is 7.30. The van der Waals surface area contributed by atoms with Crippen LogP contribution in [0.4, 0.5) is 0 Å². The molecule has 0 aliphatic heterocycles. The van der Waals surface area contributed by atoms with Gasteiger partial charge in [-0.05, 0) is 12.1 Å². The highest BCUT2D eigenvalue weighted by atomic mass is 32.2. The molecule has 0 saturated heterocycles. The second-order valence-electron chi connectivity index (χ2n) is 3.75. The first kappa shape index (κ1) is 13.8. The molecule has 0 amide bonds. The molecule has 1 N–H and O–H groups in total. The fourth-order valence-electron chi connectivity index (χ4n) is 1.47. The van der Waals surface area contributed by atoms with E-state index in [1.165, 1.54) is 6.92 Å². The van der Waals surface area contributed by atoms with Crippen LogP contribution in [-0.4, -0.2) is 21.8 Å². The Morgan fingerprint density at radius 2 is 2.00 bits per heavy atom. The number of hydrogen-bond acceptors (Lipinski definition) is 5. The van der Waals surface area contributed by atoms with Gasteiger partial charge < -0.3 is 5.11 Å². The Labute approximate surface area is 118 Å². The maximum absolute atomic E-state index is 11.3. The maximum atomic E-state index is 11.3. The van der Waals surface area contributed by atoms with Gasteiger partial charge in [-0.15, -0.1) is 23.1 Å². The SMILES string of the molecule is CC(=O)c1nc(CSc2ccccc2)sc1C(=O)O. The molecule has 19 heavy (non-hydrogen) atoms. The number of hydrogen-bond donors (Lipinski definition) is 1. The highest BCUT2D eigenvalue weighted by Crippen LogP contribution is 2.27. The predicted octanol–water partition coefficient (Wildman–Crippen LogP) is 3.34. The molecule has 0 unspecified atom stereocenters. The lowest BCUT2D eigenvalue weighted by molar-refractivity contribution is 0.0697. The van der Waals surface area contributed by atoms with Crippen LogP contribution in [0.15, 0.2) is 35.2 Å². The number of carboxylic acid groups (broad SMARTS) is 1. The minimum Gasteiger partial charge on any atom is -0.477 e. The van der Waals surface area contributed by atoms with Crippen molar-refractivity contribution in [2.45, 2.75) is 17.6 Å². The third kappa shape index (κ3) is 3.42.